The summed E-state index contributed by atoms with van der Waals surface area (Å²) in [5.74, 6) is 0. The summed E-state index contributed by atoms with van der Waals surface area (Å²) in [6.07, 6.45) is -2.42. The summed E-state index contributed by atoms with van der Waals surface area (Å²) in [7, 11) is 3.88. The van der Waals surface area contributed by atoms with Crippen LogP contribution in [0.5, 0.6) is 0 Å². The molecule has 0 aliphatic heterocycles. The molecule has 0 aliphatic rings. The van der Waals surface area contributed by atoms with Crippen molar-refractivity contribution in [2.45, 2.75) is 19.1 Å². The zero-order valence-corrected chi connectivity index (χ0v) is 12.8. The summed E-state index contributed by atoms with van der Waals surface area (Å²) in [5.41, 5.74) is -0.410. The van der Waals surface area contributed by atoms with Crippen molar-refractivity contribution in [3.8, 4) is 0 Å². The van der Waals surface area contributed by atoms with Gasteiger partial charge in [0.2, 0.25) is 0 Å². The Hall–Kier alpha value is -1.09. The first kappa shape index (κ1) is 17.0. The molecule has 0 aliphatic carbocycles. The van der Waals surface area contributed by atoms with Gasteiger partial charge in [-0.15, -0.1) is 0 Å². The summed E-state index contributed by atoms with van der Waals surface area (Å²) in [5, 5.41) is 6.49. The molecule has 0 unspecified atom stereocenters. The molecule has 0 spiro atoms. The number of aromatic nitrogens is 2. The van der Waals surface area contributed by atoms with Gasteiger partial charge in [-0.3, -0.25) is 4.79 Å². The largest absolute Gasteiger partial charge is 0.408 e. The van der Waals surface area contributed by atoms with Crippen LogP contribution in [-0.4, -0.2) is 48.0 Å². The summed E-state index contributed by atoms with van der Waals surface area (Å²) in [6, 6.07) is 0. The van der Waals surface area contributed by atoms with Crippen LogP contribution in [0.4, 0.5) is 18.9 Å². The summed E-state index contributed by atoms with van der Waals surface area (Å²) >= 11 is 3.01. The molecular formula is C11H16BrF3N4O. The minimum absolute atomic E-state index is 0.0570. The highest BCUT2D eigenvalue weighted by Crippen LogP contribution is 2.19. The van der Waals surface area contributed by atoms with Crippen LogP contribution in [0.2, 0.25) is 0 Å². The van der Waals surface area contributed by atoms with Crippen molar-refractivity contribution in [2.24, 2.45) is 0 Å². The fourth-order valence-corrected chi connectivity index (χ4v) is 1.94. The second-order valence-corrected chi connectivity index (χ2v) is 5.33. The molecule has 1 heterocycles. The second kappa shape index (κ2) is 7.07. The molecule has 0 saturated carbocycles. The first-order valence-corrected chi connectivity index (χ1v) is 6.71. The maximum atomic E-state index is 12.2. The molecule has 1 rings (SSSR count). The van der Waals surface area contributed by atoms with E-state index in [1.807, 2.05) is 19.0 Å². The van der Waals surface area contributed by atoms with Gasteiger partial charge in [0.05, 0.1) is 11.9 Å². The van der Waals surface area contributed by atoms with E-state index < -0.39 is 18.3 Å². The lowest BCUT2D eigenvalue weighted by Gasteiger charge is -2.13. The molecule has 0 saturated heterocycles. The molecule has 1 N–H and O–H groups in total. The molecule has 0 atom stereocenters. The molecule has 0 fully saturated rings. The smallest absolute Gasteiger partial charge is 0.383 e. The van der Waals surface area contributed by atoms with E-state index in [1.54, 1.807) is 0 Å². The molecule has 0 aromatic carbocycles. The van der Waals surface area contributed by atoms with E-state index in [0.29, 0.717) is 16.9 Å². The van der Waals surface area contributed by atoms with E-state index in [9.17, 15) is 18.0 Å². The standard InChI is InChI=1S/C11H16BrF3N4O/c1-18(2)5-3-4-16-8-6-17-19(7-11(13,14)15)10(20)9(8)12/h6,16H,3-5,7H2,1-2H3. The maximum absolute atomic E-state index is 12.2. The summed E-state index contributed by atoms with van der Waals surface area (Å²) in [4.78, 5) is 13.7. The average Bonchev–Trinajstić information content (AvgIpc) is 2.31. The Bertz CT molecular complexity index is 501. The Morgan fingerprint density at radius 3 is 2.65 bits per heavy atom. The molecule has 5 nitrogen and oxygen atoms in total. The predicted molar refractivity (Wildman–Crippen MR) is 73.9 cm³/mol. The van der Waals surface area contributed by atoms with Crippen LogP contribution in [0.1, 0.15) is 6.42 Å². The monoisotopic (exact) mass is 356 g/mol. The van der Waals surface area contributed by atoms with E-state index >= 15 is 0 Å². The van der Waals surface area contributed by atoms with Crippen LogP contribution < -0.4 is 10.9 Å². The number of anilines is 1. The Balaban J connectivity index is 2.72. The highest BCUT2D eigenvalue weighted by Gasteiger charge is 2.29. The maximum Gasteiger partial charge on any atom is 0.408 e. The topological polar surface area (TPSA) is 50.2 Å². The Morgan fingerprint density at radius 1 is 1.45 bits per heavy atom. The van der Waals surface area contributed by atoms with Gasteiger partial charge < -0.3 is 10.2 Å². The van der Waals surface area contributed by atoms with Crippen molar-refractivity contribution >= 4 is 21.6 Å². The first-order valence-electron chi connectivity index (χ1n) is 5.91. The van der Waals surface area contributed by atoms with E-state index in [2.05, 4.69) is 26.3 Å². The lowest BCUT2D eigenvalue weighted by molar-refractivity contribution is -0.143. The summed E-state index contributed by atoms with van der Waals surface area (Å²) < 4.78 is 37.2. The van der Waals surface area contributed by atoms with Gasteiger partial charge in [-0.05, 0) is 43.0 Å². The molecule has 0 radical (unpaired) electrons. The number of hydrogen-bond acceptors (Lipinski definition) is 4. The fourth-order valence-electron chi connectivity index (χ4n) is 1.49. The normalized spacial score (nSPS) is 11.9. The van der Waals surface area contributed by atoms with E-state index in [0.717, 1.165) is 13.0 Å². The van der Waals surface area contributed by atoms with Crippen molar-refractivity contribution in [2.75, 3.05) is 32.5 Å². The van der Waals surface area contributed by atoms with Crippen molar-refractivity contribution < 1.29 is 13.2 Å². The average molecular weight is 357 g/mol. The van der Waals surface area contributed by atoms with Gasteiger partial charge in [0.15, 0.2) is 0 Å². The number of nitrogens with one attached hydrogen (secondary N) is 1. The fraction of sp³-hybridized carbons (Fsp3) is 0.636. The third-order valence-electron chi connectivity index (χ3n) is 2.41. The minimum atomic E-state index is -4.48. The predicted octanol–water partition coefficient (Wildman–Crippen LogP) is 1.93. The zero-order chi connectivity index (χ0) is 15.3. The van der Waals surface area contributed by atoms with E-state index in [1.165, 1.54) is 6.20 Å². The molecule has 20 heavy (non-hydrogen) atoms. The Morgan fingerprint density at radius 2 is 2.10 bits per heavy atom. The van der Waals surface area contributed by atoms with E-state index in [-0.39, 0.29) is 4.47 Å². The van der Waals surface area contributed by atoms with Gasteiger partial charge in [0.1, 0.15) is 11.0 Å². The molecule has 0 amide bonds. The lowest BCUT2D eigenvalue weighted by Crippen LogP contribution is -2.31. The van der Waals surface area contributed by atoms with Crippen LogP contribution in [0.25, 0.3) is 0 Å². The lowest BCUT2D eigenvalue weighted by atomic mass is 10.3. The molecule has 1 aromatic heterocycles. The quantitative estimate of drug-likeness (QED) is 0.791. The van der Waals surface area contributed by atoms with Crippen molar-refractivity contribution in [3.05, 3.63) is 21.0 Å². The molecule has 114 valence electrons. The SMILES string of the molecule is CN(C)CCCNc1cnn(CC(F)(F)F)c(=O)c1Br. The highest BCUT2D eigenvalue weighted by molar-refractivity contribution is 9.10. The number of alkyl halides is 3. The molecule has 1 aromatic rings. The summed E-state index contributed by atoms with van der Waals surface area (Å²) in [6.45, 7) is 0.0652. The van der Waals surface area contributed by atoms with Crippen molar-refractivity contribution in [1.29, 1.82) is 0 Å². The van der Waals surface area contributed by atoms with Crippen LogP contribution >= 0.6 is 15.9 Å². The van der Waals surface area contributed by atoms with Crippen LogP contribution in [0.15, 0.2) is 15.5 Å². The second-order valence-electron chi connectivity index (χ2n) is 4.53. The van der Waals surface area contributed by atoms with Crippen LogP contribution in [0.3, 0.4) is 0 Å². The first-order chi connectivity index (χ1) is 9.20. The highest BCUT2D eigenvalue weighted by atomic mass is 79.9. The molecule has 0 bridgehead atoms. The van der Waals surface area contributed by atoms with Gasteiger partial charge in [0, 0.05) is 6.54 Å². The number of nitrogens with zero attached hydrogens (tertiary/aromatic N) is 3. The number of rotatable bonds is 6. The third kappa shape index (κ3) is 5.49. The Labute approximate surface area is 122 Å². The minimum Gasteiger partial charge on any atom is -0.383 e. The van der Waals surface area contributed by atoms with Crippen molar-refractivity contribution in [3.63, 3.8) is 0 Å². The number of hydrogen-bond donors (Lipinski definition) is 1. The van der Waals surface area contributed by atoms with Crippen molar-refractivity contribution in [1.82, 2.24) is 14.7 Å². The molecular weight excluding hydrogens is 341 g/mol. The Kier molecular flexibility index (Phi) is 6.00. The van der Waals surface area contributed by atoms with Crippen LogP contribution in [-0.2, 0) is 6.54 Å². The zero-order valence-electron chi connectivity index (χ0n) is 11.2. The van der Waals surface area contributed by atoms with Gasteiger partial charge in [-0.25, -0.2) is 4.68 Å². The van der Waals surface area contributed by atoms with Gasteiger partial charge in [-0.1, -0.05) is 0 Å². The van der Waals surface area contributed by atoms with Gasteiger partial charge >= 0.3 is 6.18 Å². The third-order valence-corrected chi connectivity index (χ3v) is 3.18. The van der Waals surface area contributed by atoms with E-state index in [4.69, 9.17) is 0 Å². The van der Waals surface area contributed by atoms with Gasteiger partial charge in [0.25, 0.3) is 5.56 Å². The molecule has 9 heteroatoms. The van der Waals surface area contributed by atoms with Gasteiger partial charge in [-0.2, -0.15) is 18.3 Å². The van der Waals surface area contributed by atoms with Crippen LogP contribution in [0, 0.1) is 0 Å². The number of halogens is 4.